The van der Waals surface area contributed by atoms with Crippen LogP contribution in [0.25, 0.3) is 0 Å². The fraction of sp³-hybridized carbons (Fsp3) is 0.389. The first-order chi connectivity index (χ1) is 11.2. The standard InChI is InChI=1S/C18H21FN2O2/c19-15-8-6-14(7-9-15)18(22)20-13-16(17-5-4-12-23-17)21-10-2-1-3-11-21/h4-9,12,16H,1-3,10-11,13H2,(H,20,22). The Kier molecular flexibility index (Phi) is 5.08. The number of nitrogens with zero attached hydrogens (tertiary/aromatic N) is 1. The van der Waals surface area contributed by atoms with E-state index in [2.05, 4.69) is 10.2 Å². The van der Waals surface area contributed by atoms with Gasteiger partial charge < -0.3 is 9.73 Å². The molecule has 1 N–H and O–H groups in total. The van der Waals surface area contributed by atoms with E-state index in [1.807, 2.05) is 12.1 Å². The Bertz CT molecular complexity index is 619. The molecule has 1 aromatic heterocycles. The van der Waals surface area contributed by atoms with Gasteiger partial charge in [-0.05, 0) is 62.3 Å². The van der Waals surface area contributed by atoms with Crippen LogP contribution < -0.4 is 5.32 Å². The molecule has 2 heterocycles. The van der Waals surface area contributed by atoms with E-state index in [4.69, 9.17) is 4.42 Å². The predicted octanol–water partition coefficient (Wildman–Crippen LogP) is 3.38. The SMILES string of the molecule is O=C(NCC(c1ccco1)N1CCCCC1)c1ccc(F)cc1. The number of halogens is 1. The van der Waals surface area contributed by atoms with E-state index in [-0.39, 0.29) is 17.8 Å². The molecule has 3 rings (SSSR count). The van der Waals surface area contributed by atoms with Gasteiger partial charge in [-0.2, -0.15) is 0 Å². The number of nitrogens with one attached hydrogen (secondary N) is 1. The number of carbonyl (C=O) groups excluding carboxylic acids is 1. The van der Waals surface area contributed by atoms with Crippen molar-refractivity contribution in [3.8, 4) is 0 Å². The van der Waals surface area contributed by atoms with Gasteiger partial charge in [-0.15, -0.1) is 0 Å². The van der Waals surface area contributed by atoms with Crippen molar-refractivity contribution in [3.63, 3.8) is 0 Å². The van der Waals surface area contributed by atoms with Gasteiger partial charge in [0.1, 0.15) is 11.6 Å². The van der Waals surface area contributed by atoms with Crippen molar-refractivity contribution in [2.75, 3.05) is 19.6 Å². The molecule has 5 heteroatoms. The Balaban J connectivity index is 1.66. The van der Waals surface area contributed by atoms with Crippen LogP contribution in [-0.4, -0.2) is 30.4 Å². The summed E-state index contributed by atoms with van der Waals surface area (Å²) in [6.07, 6.45) is 5.25. The molecule has 4 nitrogen and oxygen atoms in total. The number of amides is 1. The lowest BCUT2D eigenvalue weighted by molar-refractivity contribution is 0.0914. The quantitative estimate of drug-likeness (QED) is 0.920. The van der Waals surface area contributed by atoms with E-state index >= 15 is 0 Å². The normalized spacial score (nSPS) is 16.9. The molecule has 0 bridgehead atoms. The average molecular weight is 316 g/mol. The first-order valence-corrected chi connectivity index (χ1v) is 8.05. The fourth-order valence-electron chi connectivity index (χ4n) is 3.01. The number of rotatable bonds is 5. The van der Waals surface area contributed by atoms with Crippen molar-refractivity contribution in [1.29, 1.82) is 0 Å². The van der Waals surface area contributed by atoms with E-state index in [9.17, 15) is 9.18 Å². The Morgan fingerprint density at radius 1 is 1.17 bits per heavy atom. The highest BCUT2D eigenvalue weighted by Crippen LogP contribution is 2.24. The number of piperidine rings is 1. The van der Waals surface area contributed by atoms with Crippen LogP contribution >= 0.6 is 0 Å². The number of benzene rings is 1. The summed E-state index contributed by atoms with van der Waals surface area (Å²) >= 11 is 0. The highest BCUT2D eigenvalue weighted by molar-refractivity contribution is 5.94. The lowest BCUT2D eigenvalue weighted by atomic mass is 10.1. The zero-order valence-electron chi connectivity index (χ0n) is 13.0. The highest BCUT2D eigenvalue weighted by atomic mass is 19.1. The lowest BCUT2D eigenvalue weighted by Gasteiger charge is -2.33. The van der Waals surface area contributed by atoms with Crippen molar-refractivity contribution in [2.24, 2.45) is 0 Å². The Morgan fingerprint density at radius 3 is 2.57 bits per heavy atom. The topological polar surface area (TPSA) is 45.5 Å². The van der Waals surface area contributed by atoms with Gasteiger partial charge in [0.25, 0.3) is 5.91 Å². The van der Waals surface area contributed by atoms with Crippen LogP contribution in [0, 0.1) is 5.82 Å². The van der Waals surface area contributed by atoms with Crippen LogP contribution in [0.1, 0.15) is 41.4 Å². The van der Waals surface area contributed by atoms with Gasteiger partial charge in [0.05, 0.1) is 12.3 Å². The van der Waals surface area contributed by atoms with Crippen LogP contribution in [0.4, 0.5) is 4.39 Å². The molecule has 1 atom stereocenters. The maximum Gasteiger partial charge on any atom is 0.251 e. The Morgan fingerprint density at radius 2 is 1.91 bits per heavy atom. The third-order valence-electron chi connectivity index (χ3n) is 4.27. The third-order valence-corrected chi connectivity index (χ3v) is 4.27. The van der Waals surface area contributed by atoms with Crippen LogP contribution in [0.15, 0.2) is 47.1 Å². The van der Waals surface area contributed by atoms with Gasteiger partial charge in [0, 0.05) is 12.1 Å². The average Bonchev–Trinajstić information content (AvgIpc) is 3.11. The molecule has 1 fully saturated rings. The lowest BCUT2D eigenvalue weighted by Crippen LogP contribution is -2.40. The predicted molar refractivity (Wildman–Crippen MR) is 85.6 cm³/mol. The molecule has 0 radical (unpaired) electrons. The molecule has 0 saturated carbocycles. The number of carbonyl (C=O) groups is 1. The van der Waals surface area contributed by atoms with Crippen LogP contribution in [0.5, 0.6) is 0 Å². The molecule has 1 unspecified atom stereocenters. The zero-order valence-corrected chi connectivity index (χ0v) is 13.0. The molecular weight excluding hydrogens is 295 g/mol. The van der Waals surface area contributed by atoms with E-state index in [1.54, 1.807) is 6.26 Å². The summed E-state index contributed by atoms with van der Waals surface area (Å²) < 4.78 is 18.5. The summed E-state index contributed by atoms with van der Waals surface area (Å²) in [5.74, 6) is 0.327. The van der Waals surface area contributed by atoms with Crippen LogP contribution in [0.2, 0.25) is 0 Å². The van der Waals surface area contributed by atoms with Gasteiger partial charge >= 0.3 is 0 Å². The van der Waals surface area contributed by atoms with Gasteiger partial charge in [-0.25, -0.2) is 4.39 Å². The summed E-state index contributed by atoms with van der Waals surface area (Å²) in [6.45, 7) is 2.50. The minimum absolute atomic E-state index is 0.0368. The fourth-order valence-corrected chi connectivity index (χ4v) is 3.01. The zero-order chi connectivity index (χ0) is 16.1. The van der Waals surface area contributed by atoms with E-state index in [1.165, 1.54) is 43.5 Å². The summed E-state index contributed by atoms with van der Waals surface area (Å²) in [7, 11) is 0. The molecule has 0 aliphatic carbocycles. The summed E-state index contributed by atoms with van der Waals surface area (Å²) in [6, 6.07) is 9.43. The maximum absolute atomic E-state index is 12.9. The minimum atomic E-state index is -0.344. The van der Waals surface area contributed by atoms with Crippen LogP contribution in [-0.2, 0) is 0 Å². The molecule has 1 aliphatic heterocycles. The number of hydrogen-bond donors (Lipinski definition) is 1. The smallest absolute Gasteiger partial charge is 0.251 e. The molecule has 23 heavy (non-hydrogen) atoms. The number of furan rings is 1. The van der Waals surface area contributed by atoms with E-state index < -0.39 is 0 Å². The minimum Gasteiger partial charge on any atom is -0.468 e. The molecule has 2 aromatic rings. The molecule has 122 valence electrons. The highest BCUT2D eigenvalue weighted by Gasteiger charge is 2.25. The summed E-state index contributed by atoms with van der Waals surface area (Å²) in [5.41, 5.74) is 0.461. The van der Waals surface area contributed by atoms with Crippen LogP contribution in [0.3, 0.4) is 0 Å². The third kappa shape index (κ3) is 3.99. The first kappa shape index (κ1) is 15.7. The van der Waals surface area contributed by atoms with Gasteiger partial charge in [0.15, 0.2) is 0 Å². The maximum atomic E-state index is 12.9. The second-order valence-corrected chi connectivity index (χ2v) is 5.84. The van der Waals surface area contributed by atoms with Gasteiger partial charge in [-0.3, -0.25) is 9.69 Å². The summed E-state index contributed by atoms with van der Waals surface area (Å²) in [5, 5.41) is 2.94. The number of likely N-dealkylation sites (tertiary alicyclic amines) is 1. The second kappa shape index (κ2) is 7.42. The second-order valence-electron chi connectivity index (χ2n) is 5.84. The van der Waals surface area contributed by atoms with Crippen molar-refractivity contribution in [2.45, 2.75) is 25.3 Å². The molecule has 1 aromatic carbocycles. The van der Waals surface area contributed by atoms with Gasteiger partial charge in [0.2, 0.25) is 0 Å². The first-order valence-electron chi connectivity index (χ1n) is 8.05. The van der Waals surface area contributed by atoms with E-state index in [0.29, 0.717) is 12.1 Å². The Labute approximate surface area is 135 Å². The molecular formula is C18H21FN2O2. The monoisotopic (exact) mass is 316 g/mol. The molecule has 1 amide bonds. The summed E-state index contributed by atoms with van der Waals surface area (Å²) in [4.78, 5) is 14.6. The Hall–Kier alpha value is -2.14. The largest absolute Gasteiger partial charge is 0.468 e. The van der Waals surface area contributed by atoms with Crippen molar-refractivity contribution >= 4 is 5.91 Å². The van der Waals surface area contributed by atoms with E-state index in [0.717, 1.165) is 18.8 Å². The van der Waals surface area contributed by atoms with Crippen molar-refractivity contribution < 1.29 is 13.6 Å². The number of hydrogen-bond acceptors (Lipinski definition) is 3. The van der Waals surface area contributed by atoms with Crippen molar-refractivity contribution in [1.82, 2.24) is 10.2 Å². The van der Waals surface area contributed by atoms with Crippen molar-refractivity contribution in [3.05, 3.63) is 59.8 Å². The molecule has 1 saturated heterocycles. The van der Waals surface area contributed by atoms with Gasteiger partial charge in [-0.1, -0.05) is 6.42 Å². The molecule has 0 spiro atoms. The molecule has 1 aliphatic rings.